The molecule has 0 saturated heterocycles. The molecular formula is C35H31ClN10O22S7. The number of aromatic nitrogens is 3. The van der Waals surface area contributed by atoms with Gasteiger partial charge < -0.3 is 21.5 Å². The molecule has 402 valence electrons. The van der Waals surface area contributed by atoms with Gasteiger partial charge in [0.15, 0.2) is 37.7 Å². The van der Waals surface area contributed by atoms with Crippen molar-refractivity contribution in [3.8, 4) is 5.75 Å². The summed E-state index contributed by atoms with van der Waals surface area (Å²) in [6, 6.07) is 14.1. The van der Waals surface area contributed by atoms with Crippen molar-refractivity contribution in [2.75, 3.05) is 41.1 Å². The monoisotopic (exact) mass is 1200 g/mol. The first-order valence-corrected chi connectivity index (χ1v) is 28.7. The van der Waals surface area contributed by atoms with E-state index in [1.807, 2.05) is 0 Å². The largest absolute Gasteiger partial charge is 0.505 e. The molecular weight excluding hydrogens is 1170 g/mol. The lowest BCUT2D eigenvalue weighted by Gasteiger charge is -2.12. The first kappa shape index (κ1) is 58.3. The number of aromatic hydroxyl groups is 1. The van der Waals surface area contributed by atoms with E-state index in [9.17, 15) is 56.3 Å². The second-order valence-corrected chi connectivity index (χ2v) is 23.7. The Morgan fingerprint density at radius 1 is 0.613 bits per heavy atom. The van der Waals surface area contributed by atoms with Gasteiger partial charge in [-0.3, -0.25) is 17.8 Å². The Hall–Kier alpha value is -5.93. The van der Waals surface area contributed by atoms with Gasteiger partial charge in [0.05, 0.1) is 57.1 Å². The fourth-order valence-electron chi connectivity index (χ4n) is 5.98. The van der Waals surface area contributed by atoms with Gasteiger partial charge in [-0.25, -0.2) is 31.5 Å². The fraction of sp³-hybridized carbons (Fsp3) is 0.114. The van der Waals surface area contributed by atoms with Gasteiger partial charge in [-0.1, -0.05) is 10.1 Å². The Morgan fingerprint density at radius 3 is 1.84 bits per heavy atom. The molecule has 75 heavy (non-hydrogen) atoms. The van der Waals surface area contributed by atoms with Crippen molar-refractivity contribution in [2.24, 2.45) is 20.5 Å². The zero-order valence-electron chi connectivity index (χ0n) is 36.5. The van der Waals surface area contributed by atoms with Gasteiger partial charge in [-0.2, -0.15) is 40.2 Å². The van der Waals surface area contributed by atoms with E-state index in [1.165, 1.54) is 42.5 Å². The van der Waals surface area contributed by atoms with E-state index in [-0.39, 0.29) is 84.9 Å². The lowest BCUT2D eigenvalue weighted by Crippen LogP contribution is -2.15. The molecule has 0 amide bonds. The zero-order valence-corrected chi connectivity index (χ0v) is 43.0. The van der Waals surface area contributed by atoms with Crippen molar-refractivity contribution < 1.29 is 98.5 Å². The minimum Gasteiger partial charge on any atom is -0.505 e. The number of nitrogens with zero attached hydrogens (tertiary/aromatic N) is 7. The summed E-state index contributed by atoms with van der Waals surface area (Å²) in [7, 11) is -23.4. The van der Waals surface area contributed by atoms with Gasteiger partial charge in [0.2, 0.25) is 17.2 Å². The summed E-state index contributed by atoms with van der Waals surface area (Å²) in [5, 5.41) is 56.5. The first-order valence-electron chi connectivity index (χ1n) is 19.4. The van der Waals surface area contributed by atoms with Crippen LogP contribution in [0.25, 0.3) is 10.8 Å². The Kier molecular flexibility index (Phi) is 19.0. The summed E-state index contributed by atoms with van der Waals surface area (Å²) >= 11 is 6.43. The molecule has 0 saturated carbocycles. The van der Waals surface area contributed by atoms with Crippen LogP contribution in [0.1, 0.15) is 0 Å². The third-order valence-corrected chi connectivity index (χ3v) is 16.0. The maximum atomic E-state index is 12.9. The predicted octanol–water partition coefficient (Wildman–Crippen LogP) is 6.57. The second-order valence-electron chi connectivity index (χ2n) is 14.0. The lowest BCUT2D eigenvalue weighted by molar-refractivity contribution is -0.434. The fourth-order valence-corrected chi connectivity index (χ4v) is 10.9. The molecule has 1 heterocycles. The molecule has 32 nitrogen and oxygen atoms in total. The van der Waals surface area contributed by atoms with Crippen LogP contribution in [0.5, 0.6) is 5.75 Å². The summed E-state index contributed by atoms with van der Waals surface area (Å²) in [5.74, 6) is -2.73. The maximum absolute atomic E-state index is 12.9. The maximum Gasteiger partial charge on any atom is 0.397 e. The highest BCUT2D eigenvalue weighted by Crippen LogP contribution is 2.48. The molecule has 0 aliphatic heterocycles. The number of benzene rings is 5. The number of anilines is 5. The average Bonchev–Trinajstić information content (AvgIpc) is 3.31. The van der Waals surface area contributed by atoms with Crippen molar-refractivity contribution in [3.05, 3.63) is 84.1 Å². The molecule has 0 unspecified atom stereocenters. The SMILES string of the molecule is Nc1ccc2c(O)c(/N=N/c3cc(Nc4nc(Cl)nc(Nc5ccc(S(=O)(=O)CCOS(=O)(=O)O)cc5)n4)ccc3S(=O)(=O)O)c(SOOO)cc2c1/N=N/c1ccc(S(=O)(=O)CCOSOOO)cc1S(=O)(=O)O. The molecule has 6 aromatic rings. The van der Waals surface area contributed by atoms with Crippen molar-refractivity contribution in [3.63, 3.8) is 0 Å². The molecule has 10 N–H and O–H groups in total. The lowest BCUT2D eigenvalue weighted by atomic mass is 10.1. The van der Waals surface area contributed by atoms with E-state index in [4.69, 9.17) is 36.6 Å². The van der Waals surface area contributed by atoms with Crippen LogP contribution >= 0.6 is 36.0 Å². The molecule has 0 bridgehead atoms. The van der Waals surface area contributed by atoms with Gasteiger partial charge in [-0.05, 0) is 90.5 Å². The topological polar surface area (TPSA) is 486 Å². The number of nitrogens with one attached hydrogen (secondary N) is 2. The van der Waals surface area contributed by atoms with Crippen LogP contribution in [0, 0.1) is 0 Å². The van der Waals surface area contributed by atoms with E-state index >= 15 is 0 Å². The van der Waals surface area contributed by atoms with Crippen molar-refractivity contribution in [2.45, 2.75) is 24.5 Å². The number of rotatable bonds is 25. The highest BCUT2D eigenvalue weighted by atomic mass is 35.5. The summed E-state index contributed by atoms with van der Waals surface area (Å²) in [6.07, 6.45) is 0. The number of nitrogens with two attached hydrogens (primary N) is 1. The standard InChI is InChI=1S/C35H31ClN10O22S7/c36-33-40-34(38-18-1-4-20(5-2-18)71(50,51)14-12-64-75(60,61)62)42-35(41-33)39-19-3-10-28(73(54,55)56)26(15-19)44-46-31-27(69-67-65-48)17-23-22(32(31)47)7-8-24(37)30(23)45-43-25-9-6-21(16-29(25)74(57,58)59)72(52,53)13-11-63-70-68-66-49/h1-10,15-17,47-49H,11-14,37H2,(H,54,55,56)(H,57,58,59)(H,60,61,62)(H2,38,39,40,41,42)/b45-43+,46-44+. The number of hydrogen-bond acceptors (Lipinski definition) is 31. The third-order valence-electron chi connectivity index (χ3n) is 9.17. The predicted molar refractivity (Wildman–Crippen MR) is 259 cm³/mol. The Balaban J connectivity index is 1.31. The van der Waals surface area contributed by atoms with Gasteiger partial charge >= 0.3 is 10.4 Å². The van der Waals surface area contributed by atoms with Crippen LogP contribution in [0.15, 0.2) is 124 Å². The van der Waals surface area contributed by atoms with Crippen LogP contribution in [0.4, 0.5) is 51.7 Å². The van der Waals surface area contributed by atoms with Crippen LogP contribution < -0.4 is 16.4 Å². The van der Waals surface area contributed by atoms with E-state index in [2.05, 4.69) is 69.0 Å². The Morgan fingerprint density at radius 2 is 1.20 bits per heavy atom. The Bertz CT molecular complexity index is 3770. The highest BCUT2D eigenvalue weighted by molar-refractivity contribution is 7.94. The molecule has 0 atom stereocenters. The minimum absolute atomic E-state index is 0.0177. The Labute approximate surface area is 435 Å². The number of phenols is 1. The molecule has 5 aromatic carbocycles. The number of nitrogen functional groups attached to an aromatic ring is 1. The van der Waals surface area contributed by atoms with Crippen molar-refractivity contribution in [1.29, 1.82) is 0 Å². The highest BCUT2D eigenvalue weighted by Gasteiger charge is 2.25. The summed E-state index contributed by atoms with van der Waals surface area (Å²) in [6.45, 7) is -1.38. The van der Waals surface area contributed by atoms with Crippen LogP contribution in [-0.4, -0.2) is 111 Å². The number of hydrogen-bond donors (Lipinski definition) is 9. The number of phenolic OH excluding ortho intramolecular Hbond substituents is 1. The molecule has 0 aliphatic carbocycles. The molecule has 0 aliphatic rings. The van der Waals surface area contributed by atoms with Gasteiger partial charge in [0.25, 0.3) is 20.2 Å². The van der Waals surface area contributed by atoms with E-state index in [0.717, 1.165) is 30.3 Å². The minimum atomic E-state index is -5.19. The molecule has 40 heteroatoms. The zero-order chi connectivity index (χ0) is 54.9. The molecule has 6 rings (SSSR count). The number of fused-ring (bicyclic) bond motifs is 1. The molecule has 0 fully saturated rings. The quantitative estimate of drug-likeness (QED) is 0.00556. The van der Waals surface area contributed by atoms with E-state index in [0.29, 0.717) is 6.07 Å². The number of halogens is 1. The molecule has 1 aromatic heterocycles. The first-order chi connectivity index (χ1) is 35.2. The molecule has 0 radical (unpaired) electrons. The molecule has 0 spiro atoms. The number of sulfone groups is 2. The van der Waals surface area contributed by atoms with Crippen molar-refractivity contribution in [1.82, 2.24) is 15.0 Å². The number of azo groups is 2. The normalized spacial score (nSPS) is 12.8. The second kappa shape index (κ2) is 24.4. The third kappa shape index (κ3) is 15.8. The van der Waals surface area contributed by atoms with Crippen LogP contribution in [-0.2, 0) is 77.4 Å². The smallest absolute Gasteiger partial charge is 0.397 e. The van der Waals surface area contributed by atoms with Crippen LogP contribution in [0.2, 0.25) is 5.28 Å². The summed E-state index contributed by atoms with van der Waals surface area (Å²) < 4.78 is 168. The van der Waals surface area contributed by atoms with Crippen molar-refractivity contribution >= 4 is 149 Å². The van der Waals surface area contributed by atoms with Crippen LogP contribution in [0.3, 0.4) is 0 Å². The summed E-state index contributed by atoms with van der Waals surface area (Å²) in [4.78, 5) is 9.17. The van der Waals surface area contributed by atoms with Gasteiger partial charge in [0.1, 0.15) is 32.5 Å². The van der Waals surface area contributed by atoms with E-state index < -0.39 is 113 Å². The average molecular weight is 1200 g/mol. The van der Waals surface area contributed by atoms with Gasteiger partial charge in [-0.15, -0.1) is 29.1 Å². The van der Waals surface area contributed by atoms with E-state index in [1.54, 1.807) is 0 Å². The van der Waals surface area contributed by atoms with Gasteiger partial charge in [0, 0.05) is 22.1 Å². The summed E-state index contributed by atoms with van der Waals surface area (Å²) in [5.41, 5.74) is 4.30.